The van der Waals surface area contributed by atoms with Crippen molar-refractivity contribution in [2.45, 2.75) is 59.2 Å². The lowest BCUT2D eigenvalue weighted by Gasteiger charge is -2.22. The lowest BCUT2D eigenvalue weighted by molar-refractivity contribution is -0.137. The summed E-state index contributed by atoms with van der Waals surface area (Å²) in [5.74, 6) is 5.80. The minimum absolute atomic E-state index is 0.0218. The van der Waals surface area contributed by atoms with E-state index >= 15 is 0 Å². The number of fused-ring (bicyclic) bond motifs is 1. The number of aromatic nitrogens is 2. The van der Waals surface area contributed by atoms with Crippen LogP contribution in [-0.2, 0) is 16.1 Å². The molecule has 0 saturated heterocycles. The monoisotopic (exact) mass is 448 g/mol. The number of aliphatic carboxylic acids is 1. The number of carboxylic acids is 1. The van der Waals surface area contributed by atoms with E-state index in [1.165, 1.54) is 0 Å². The fraction of sp³-hybridized carbons (Fsp3) is 0.407. The molecule has 1 aromatic heterocycles. The maximum atomic E-state index is 11.2. The Kier molecular flexibility index (Phi) is 8.51. The molecule has 6 heteroatoms. The van der Waals surface area contributed by atoms with Crippen molar-refractivity contribution in [2.24, 2.45) is 5.92 Å². The van der Waals surface area contributed by atoms with Crippen LogP contribution < -0.4 is 4.74 Å². The maximum absolute atomic E-state index is 11.2. The largest absolute Gasteiger partial charge is 0.486 e. The van der Waals surface area contributed by atoms with Crippen LogP contribution in [0.4, 0.5) is 0 Å². The molecular weight excluding hydrogens is 416 g/mol. The molecule has 0 amide bonds. The molecule has 3 rings (SSSR count). The van der Waals surface area contributed by atoms with Crippen LogP contribution in [0.1, 0.15) is 69.4 Å². The Bertz CT molecular complexity index is 1120. The first kappa shape index (κ1) is 24.3. The lowest BCUT2D eigenvalue weighted by atomic mass is 9.96. The Morgan fingerprint density at radius 2 is 1.88 bits per heavy atom. The van der Waals surface area contributed by atoms with E-state index in [1.54, 1.807) is 6.92 Å². The minimum Gasteiger partial charge on any atom is -0.486 e. The van der Waals surface area contributed by atoms with Crippen molar-refractivity contribution in [1.82, 2.24) is 10.2 Å². The van der Waals surface area contributed by atoms with Crippen LogP contribution in [0.5, 0.6) is 5.75 Å². The minimum atomic E-state index is -0.863. The van der Waals surface area contributed by atoms with E-state index in [0.717, 1.165) is 39.9 Å². The van der Waals surface area contributed by atoms with Gasteiger partial charge in [-0.05, 0) is 55.5 Å². The predicted octanol–water partition coefficient (Wildman–Crippen LogP) is 5.85. The number of carboxylic acid groups (broad SMARTS) is 1. The summed E-state index contributed by atoms with van der Waals surface area (Å²) in [5.41, 5.74) is 3.81. The first-order valence-corrected chi connectivity index (χ1v) is 11.4. The Labute approximate surface area is 195 Å². The number of nitrogens with zero attached hydrogens (tertiary/aromatic N) is 1. The Morgan fingerprint density at radius 3 is 2.52 bits per heavy atom. The predicted molar refractivity (Wildman–Crippen MR) is 129 cm³/mol. The quantitative estimate of drug-likeness (QED) is 0.360. The molecule has 0 radical (unpaired) electrons. The van der Waals surface area contributed by atoms with Crippen LogP contribution in [0.25, 0.3) is 10.9 Å². The van der Waals surface area contributed by atoms with Gasteiger partial charge in [-0.2, -0.15) is 5.10 Å². The van der Waals surface area contributed by atoms with Gasteiger partial charge in [0.1, 0.15) is 11.9 Å². The number of ether oxygens (including phenoxy) is 2. The van der Waals surface area contributed by atoms with Gasteiger partial charge in [0.05, 0.1) is 30.2 Å². The van der Waals surface area contributed by atoms with Crippen LogP contribution in [0.2, 0.25) is 0 Å². The summed E-state index contributed by atoms with van der Waals surface area (Å²) >= 11 is 0. The van der Waals surface area contributed by atoms with Crippen molar-refractivity contribution in [1.29, 1.82) is 0 Å². The average molecular weight is 449 g/mol. The zero-order valence-corrected chi connectivity index (χ0v) is 19.7. The molecule has 2 unspecified atom stereocenters. The van der Waals surface area contributed by atoms with E-state index in [-0.39, 0.29) is 18.4 Å². The second kappa shape index (κ2) is 11.5. The third-order valence-electron chi connectivity index (χ3n) is 5.42. The summed E-state index contributed by atoms with van der Waals surface area (Å²) in [5, 5.41) is 17.8. The SMILES string of the molecule is CC#CC(CC(=O)O)c1ccc(OC(CC(C)C)c2ccc3c(COCC)[nH]nc3c2)cc1. The van der Waals surface area contributed by atoms with Gasteiger partial charge in [0.25, 0.3) is 0 Å². The Hall–Kier alpha value is -3.30. The molecule has 2 aromatic carbocycles. The maximum Gasteiger partial charge on any atom is 0.304 e. The van der Waals surface area contributed by atoms with Gasteiger partial charge in [-0.25, -0.2) is 0 Å². The fourth-order valence-electron chi connectivity index (χ4n) is 3.82. The van der Waals surface area contributed by atoms with Crippen molar-refractivity contribution in [3.63, 3.8) is 0 Å². The van der Waals surface area contributed by atoms with Gasteiger partial charge in [0, 0.05) is 12.0 Å². The van der Waals surface area contributed by atoms with Crippen molar-refractivity contribution < 1.29 is 19.4 Å². The molecule has 0 saturated carbocycles. The number of carbonyl (C=O) groups is 1. The van der Waals surface area contributed by atoms with E-state index in [2.05, 4.69) is 54.1 Å². The summed E-state index contributed by atoms with van der Waals surface area (Å²) in [6, 6.07) is 13.8. The van der Waals surface area contributed by atoms with E-state index in [9.17, 15) is 4.79 Å². The van der Waals surface area contributed by atoms with Gasteiger partial charge in [0.2, 0.25) is 0 Å². The number of H-pyrrole nitrogens is 1. The van der Waals surface area contributed by atoms with Gasteiger partial charge < -0.3 is 14.6 Å². The van der Waals surface area contributed by atoms with Gasteiger partial charge in [-0.1, -0.05) is 44.0 Å². The second-order valence-corrected chi connectivity index (χ2v) is 8.47. The number of hydrogen-bond acceptors (Lipinski definition) is 4. The second-order valence-electron chi connectivity index (χ2n) is 8.47. The van der Waals surface area contributed by atoms with Crippen LogP contribution in [0, 0.1) is 17.8 Å². The van der Waals surface area contributed by atoms with Gasteiger partial charge in [-0.3, -0.25) is 9.89 Å². The molecular formula is C27H32N2O4. The summed E-state index contributed by atoms with van der Waals surface area (Å²) in [6.45, 7) is 9.21. The number of benzene rings is 2. The molecule has 0 fully saturated rings. The number of nitrogens with one attached hydrogen (secondary N) is 1. The number of hydrogen-bond donors (Lipinski definition) is 2. The van der Waals surface area contributed by atoms with Gasteiger partial charge in [-0.15, -0.1) is 5.92 Å². The van der Waals surface area contributed by atoms with E-state index in [4.69, 9.17) is 14.6 Å². The van der Waals surface area contributed by atoms with Crippen LogP contribution in [0.3, 0.4) is 0 Å². The molecule has 0 bridgehead atoms. The van der Waals surface area contributed by atoms with Crippen molar-refractivity contribution in [3.8, 4) is 17.6 Å². The van der Waals surface area contributed by atoms with Crippen LogP contribution in [-0.4, -0.2) is 27.9 Å². The first-order chi connectivity index (χ1) is 15.9. The highest BCUT2D eigenvalue weighted by molar-refractivity contribution is 5.82. The van der Waals surface area contributed by atoms with Crippen LogP contribution in [0.15, 0.2) is 42.5 Å². The molecule has 1 heterocycles. The zero-order valence-electron chi connectivity index (χ0n) is 19.7. The standard InChI is InChI=1S/C27H32N2O4/c1-5-7-20(16-27(30)31)19-8-11-22(12-9-19)33-26(14-18(3)4)21-10-13-23-24(15-21)28-29-25(23)17-32-6-2/h8-13,15,18,20,26H,6,14,16-17H2,1-4H3,(H,28,29)(H,30,31). The molecule has 0 spiro atoms. The third-order valence-corrected chi connectivity index (χ3v) is 5.42. The lowest BCUT2D eigenvalue weighted by Crippen LogP contribution is -2.11. The van der Waals surface area contributed by atoms with Gasteiger partial charge in [0.15, 0.2) is 0 Å². The zero-order chi connectivity index (χ0) is 23.8. The highest BCUT2D eigenvalue weighted by Crippen LogP contribution is 2.31. The molecule has 2 N–H and O–H groups in total. The molecule has 0 aliphatic carbocycles. The van der Waals surface area contributed by atoms with Crippen molar-refractivity contribution in [3.05, 3.63) is 59.3 Å². The number of aromatic amines is 1. The van der Waals surface area contributed by atoms with Crippen molar-refractivity contribution in [2.75, 3.05) is 6.61 Å². The smallest absolute Gasteiger partial charge is 0.304 e. The molecule has 174 valence electrons. The topological polar surface area (TPSA) is 84.4 Å². The summed E-state index contributed by atoms with van der Waals surface area (Å²) in [6.07, 6.45) is 0.704. The van der Waals surface area contributed by atoms with E-state index < -0.39 is 5.97 Å². The molecule has 0 aliphatic heterocycles. The molecule has 3 aromatic rings. The summed E-state index contributed by atoms with van der Waals surface area (Å²) in [4.78, 5) is 11.2. The normalized spacial score (nSPS) is 12.9. The Morgan fingerprint density at radius 1 is 1.15 bits per heavy atom. The highest BCUT2D eigenvalue weighted by Gasteiger charge is 2.18. The highest BCUT2D eigenvalue weighted by atomic mass is 16.5. The Balaban J connectivity index is 1.82. The molecule has 2 atom stereocenters. The van der Waals surface area contributed by atoms with Crippen LogP contribution >= 0.6 is 0 Å². The van der Waals surface area contributed by atoms with Crippen molar-refractivity contribution >= 4 is 16.9 Å². The summed E-state index contributed by atoms with van der Waals surface area (Å²) < 4.78 is 11.9. The fourth-order valence-corrected chi connectivity index (χ4v) is 3.82. The van der Waals surface area contributed by atoms with Gasteiger partial charge >= 0.3 is 5.97 Å². The third kappa shape index (κ3) is 6.59. The first-order valence-electron chi connectivity index (χ1n) is 11.4. The average Bonchev–Trinajstić information content (AvgIpc) is 3.19. The molecule has 33 heavy (non-hydrogen) atoms. The number of rotatable bonds is 11. The molecule has 0 aliphatic rings. The molecule has 6 nitrogen and oxygen atoms in total. The summed E-state index contributed by atoms with van der Waals surface area (Å²) in [7, 11) is 0. The van der Waals surface area contributed by atoms with E-state index in [1.807, 2.05) is 31.2 Å². The van der Waals surface area contributed by atoms with E-state index in [0.29, 0.717) is 19.1 Å².